The van der Waals surface area contributed by atoms with Crippen LogP contribution < -0.4 is 10.0 Å². The van der Waals surface area contributed by atoms with Crippen LogP contribution in [-0.2, 0) is 16.6 Å². The zero-order valence-electron chi connectivity index (χ0n) is 9.92. The summed E-state index contributed by atoms with van der Waals surface area (Å²) in [6.07, 6.45) is 4.14. The van der Waals surface area contributed by atoms with Crippen LogP contribution in [0.5, 0.6) is 0 Å². The van der Waals surface area contributed by atoms with Crippen molar-refractivity contribution in [1.82, 2.24) is 15.3 Å². The third-order valence-corrected chi connectivity index (χ3v) is 5.79. The summed E-state index contributed by atoms with van der Waals surface area (Å²) in [6, 6.07) is 1.64. The maximum Gasteiger partial charge on any atom is 0.263 e. The van der Waals surface area contributed by atoms with Gasteiger partial charge in [0.2, 0.25) is 0 Å². The van der Waals surface area contributed by atoms with Gasteiger partial charge in [0.1, 0.15) is 11.2 Å². The van der Waals surface area contributed by atoms with E-state index in [2.05, 4.69) is 35.9 Å². The van der Waals surface area contributed by atoms with Crippen LogP contribution in [0.3, 0.4) is 0 Å². The van der Waals surface area contributed by atoms with E-state index in [1.807, 2.05) is 0 Å². The van der Waals surface area contributed by atoms with Crippen LogP contribution in [0.25, 0.3) is 0 Å². The first-order valence-electron chi connectivity index (χ1n) is 5.23. The summed E-state index contributed by atoms with van der Waals surface area (Å²) in [7, 11) is -1.83. The number of nitrogens with zero attached hydrogens (tertiary/aromatic N) is 2. The highest BCUT2D eigenvalue weighted by molar-refractivity contribution is 9.11. The first-order chi connectivity index (χ1) is 9.03. The molecule has 2 heterocycles. The Morgan fingerprint density at radius 2 is 2.05 bits per heavy atom. The van der Waals surface area contributed by atoms with Crippen LogP contribution in [0, 0.1) is 0 Å². The molecular weight excluding hydrogens is 352 g/mol. The van der Waals surface area contributed by atoms with Gasteiger partial charge in [0.25, 0.3) is 10.0 Å². The number of hydrogen-bond acceptors (Lipinski definition) is 6. The van der Waals surface area contributed by atoms with Crippen molar-refractivity contribution in [3.8, 4) is 0 Å². The van der Waals surface area contributed by atoms with E-state index in [0.717, 1.165) is 4.88 Å². The molecule has 0 fully saturated rings. The Hall–Kier alpha value is -1.03. The van der Waals surface area contributed by atoms with Gasteiger partial charge < -0.3 is 5.32 Å². The molecular formula is C10H11BrN4O2S2. The molecule has 0 unspecified atom stereocenters. The molecule has 0 bridgehead atoms. The third-order valence-electron chi connectivity index (χ3n) is 2.16. The highest BCUT2D eigenvalue weighted by Gasteiger charge is 2.21. The second kappa shape index (κ2) is 5.95. The molecule has 0 saturated heterocycles. The van der Waals surface area contributed by atoms with E-state index < -0.39 is 10.0 Å². The Labute approximate surface area is 123 Å². The molecule has 0 atom stereocenters. The largest absolute Gasteiger partial charge is 0.315 e. The smallest absolute Gasteiger partial charge is 0.263 e. The lowest BCUT2D eigenvalue weighted by atomic mass is 10.5. The Morgan fingerprint density at radius 1 is 1.37 bits per heavy atom. The zero-order valence-corrected chi connectivity index (χ0v) is 13.1. The van der Waals surface area contributed by atoms with Crippen LogP contribution in [0.4, 0.5) is 5.69 Å². The first kappa shape index (κ1) is 14.4. The fraction of sp³-hybridized carbons (Fsp3) is 0.200. The molecule has 19 heavy (non-hydrogen) atoms. The molecule has 0 aliphatic rings. The van der Waals surface area contributed by atoms with Crippen molar-refractivity contribution in [1.29, 1.82) is 0 Å². The van der Waals surface area contributed by atoms with Gasteiger partial charge in [-0.3, -0.25) is 4.72 Å². The normalized spacial score (nSPS) is 11.5. The van der Waals surface area contributed by atoms with E-state index >= 15 is 0 Å². The molecule has 0 aliphatic heterocycles. The van der Waals surface area contributed by atoms with Crippen molar-refractivity contribution in [2.45, 2.75) is 11.4 Å². The van der Waals surface area contributed by atoms with Crippen molar-refractivity contribution in [3.63, 3.8) is 0 Å². The molecule has 0 spiro atoms. The summed E-state index contributed by atoms with van der Waals surface area (Å²) in [6.45, 7) is 0.618. The van der Waals surface area contributed by atoms with Gasteiger partial charge in [0, 0.05) is 11.4 Å². The Bertz CT molecular complexity index is 657. The number of sulfonamides is 1. The minimum atomic E-state index is -3.64. The Morgan fingerprint density at radius 3 is 2.68 bits per heavy atom. The molecule has 2 N–H and O–H groups in total. The number of nitrogens with one attached hydrogen (secondary N) is 2. The number of hydrogen-bond donors (Lipinski definition) is 2. The minimum absolute atomic E-state index is 0.214. The van der Waals surface area contributed by atoms with E-state index in [1.165, 1.54) is 30.1 Å². The maximum atomic E-state index is 12.2. The summed E-state index contributed by atoms with van der Waals surface area (Å²) >= 11 is 4.66. The maximum absolute atomic E-state index is 12.2. The van der Waals surface area contributed by atoms with E-state index in [-0.39, 0.29) is 4.90 Å². The summed E-state index contributed by atoms with van der Waals surface area (Å²) in [5.41, 5.74) is 0.329. The fourth-order valence-corrected chi connectivity index (χ4v) is 5.13. The second-order valence-corrected chi connectivity index (χ2v) is 7.72. The lowest BCUT2D eigenvalue weighted by Crippen LogP contribution is -2.13. The van der Waals surface area contributed by atoms with Crippen molar-refractivity contribution in [2.75, 3.05) is 11.8 Å². The SMILES string of the molecule is CNCc1cc(S(=O)(=O)Nc2cncnc2)c(Br)s1. The zero-order chi connectivity index (χ0) is 13.9. The lowest BCUT2D eigenvalue weighted by Gasteiger charge is -2.05. The van der Waals surface area contributed by atoms with Gasteiger partial charge in [-0.1, -0.05) is 0 Å². The average molecular weight is 363 g/mol. The van der Waals surface area contributed by atoms with Gasteiger partial charge in [0.15, 0.2) is 0 Å². The van der Waals surface area contributed by atoms with Gasteiger partial charge in [-0.25, -0.2) is 18.4 Å². The summed E-state index contributed by atoms with van der Waals surface area (Å²) in [5, 5.41) is 2.98. The lowest BCUT2D eigenvalue weighted by molar-refractivity contribution is 0.601. The highest BCUT2D eigenvalue weighted by atomic mass is 79.9. The van der Waals surface area contributed by atoms with Crippen molar-refractivity contribution in [2.24, 2.45) is 0 Å². The van der Waals surface area contributed by atoms with E-state index in [0.29, 0.717) is 16.0 Å². The third kappa shape index (κ3) is 3.50. The summed E-state index contributed by atoms with van der Waals surface area (Å²) in [4.78, 5) is 8.67. The molecule has 0 aromatic carbocycles. The number of anilines is 1. The summed E-state index contributed by atoms with van der Waals surface area (Å²) < 4.78 is 27.5. The highest BCUT2D eigenvalue weighted by Crippen LogP contribution is 2.32. The molecule has 2 aromatic rings. The van der Waals surface area contributed by atoms with Crippen LogP contribution in [0.1, 0.15) is 4.88 Å². The van der Waals surface area contributed by atoms with Crippen molar-refractivity contribution in [3.05, 3.63) is 33.5 Å². The quantitative estimate of drug-likeness (QED) is 0.847. The van der Waals surface area contributed by atoms with Crippen LogP contribution in [0.2, 0.25) is 0 Å². The van der Waals surface area contributed by atoms with Gasteiger partial charge in [-0.2, -0.15) is 0 Å². The van der Waals surface area contributed by atoms with Crippen LogP contribution in [-0.4, -0.2) is 25.4 Å². The standard InChI is InChI=1S/C10H11BrN4O2S2/c1-12-5-8-2-9(10(11)18-8)19(16,17)15-7-3-13-6-14-4-7/h2-4,6,12,15H,5H2,1H3. The number of thiophene rings is 1. The molecule has 2 rings (SSSR count). The van der Waals surface area contributed by atoms with Crippen LogP contribution in [0.15, 0.2) is 33.5 Å². The van der Waals surface area contributed by atoms with Gasteiger partial charge in [0.05, 0.1) is 21.9 Å². The Kier molecular flexibility index (Phi) is 4.50. The molecule has 0 amide bonds. The number of aromatic nitrogens is 2. The molecule has 2 aromatic heterocycles. The topological polar surface area (TPSA) is 84.0 Å². The van der Waals surface area contributed by atoms with Gasteiger partial charge in [-0.15, -0.1) is 11.3 Å². The molecule has 0 radical (unpaired) electrons. The van der Waals surface area contributed by atoms with Gasteiger partial charge in [-0.05, 0) is 29.0 Å². The Balaban J connectivity index is 2.29. The van der Waals surface area contributed by atoms with Gasteiger partial charge >= 0.3 is 0 Å². The average Bonchev–Trinajstić information content (AvgIpc) is 2.72. The number of halogens is 1. The van der Waals surface area contributed by atoms with Crippen LogP contribution >= 0.6 is 27.3 Å². The molecule has 102 valence electrons. The van der Waals surface area contributed by atoms with E-state index in [1.54, 1.807) is 13.1 Å². The van der Waals surface area contributed by atoms with Crippen molar-refractivity contribution >= 4 is 43.0 Å². The predicted molar refractivity (Wildman–Crippen MR) is 77.6 cm³/mol. The predicted octanol–water partition coefficient (Wildman–Crippen LogP) is 1.82. The molecule has 0 saturated carbocycles. The molecule has 6 nitrogen and oxygen atoms in total. The second-order valence-electron chi connectivity index (χ2n) is 3.61. The first-order valence-corrected chi connectivity index (χ1v) is 8.33. The monoisotopic (exact) mass is 362 g/mol. The number of rotatable bonds is 5. The molecule has 9 heteroatoms. The van der Waals surface area contributed by atoms with E-state index in [4.69, 9.17) is 0 Å². The minimum Gasteiger partial charge on any atom is -0.315 e. The fourth-order valence-electron chi connectivity index (χ4n) is 1.40. The molecule has 0 aliphatic carbocycles. The van der Waals surface area contributed by atoms with E-state index in [9.17, 15) is 8.42 Å². The summed E-state index contributed by atoms with van der Waals surface area (Å²) in [5.74, 6) is 0. The van der Waals surface area contributed by atoms with Crippen molar-refractivity contribution < 1.29 is 8.42 Å².